The normalized spacial score (nSPS) is 19.3. The number of hydrogen-bond acceptors (Lipinski definition) is 3. The fourth-order valence-electron chi connectivity index (χ4n) is 0.612. The molecule has 0 amide bonds. The third kappa shape index (κ3) is 3.65. The highest BCUT2D eigenvalue weighted by Crippen LogP contribution is 2.05. The molecule has 0 aromatic rings. The van der Waals surface area contributed by atoms with Crippen molar-refractivity contribution in [1.82, 2.24) is 0 Å². The van der Waals surface area contributed by atoms with Crippen LogP contribution in [-0.2, 0) is 0 Å². The summed E-state index contributed by atoms with van der Waals surface area (Å²) in [6, 6.07) is 0. The zero-order valence-corrected chi connectivity index (χ0v) is 6.80. The number of hydrogen-bond donors (Lipinski definition) is 1. The highest BCUT2D eigenvalue weighted by molar-refractivity contribution is 7.99. The second-order valence-corrected chi connectivity index (χ2v) is 2.88. The second kappa shape index (κ2) is 4.94. The fraction of sp³-hybridized carbons (Fsp3) is 0.800. The van der Waals surface area contributed by atoms with Crippen LogP contribution in [0.15, 0.2) is 4.99 Å². The van der Waals surface area contributed by atoms with E-state index >= 15 is 0 Å². The van der Waals surface area contributed by atoms with Gasteiger partial charge in [-0.2, -0.15) is 11.8 Å². The van der Waals surface area contributed by atoms with Crippen molar-refractivity contribution in [3.63, 3.8) is 0 Å². The number of thioether (sulfide) groups is 1. The molecule has 0 fully saturated rings. The zero-order chi connectivity index (χ0) is 5.82. The van der Waals surface area contributed by atoms with Crippen LogP contribution in [0.1, 0.15) is 6.42 Å². The summed E-state index contributed by atoms with van der Waals surface area (Å²) in [6.07, 6.45) is 1.19. The number of amidine groups is 1. The Balaban J connectivity index is 0.000000640. The Hall–Kier alpha value is 0.110. The highest BCUT2D eigenvalue weighted by Gasteiger charge is 1.97. The molecule has 1 heterocycles. The molecule has 1 aliphatic rings. The molecule has 0 saturated heterocycles. The van der Waals surface area contributed by atoms with Crippen LogP contribution >= 0.6 is 24.2 Å². The van der Waals surface area contributed by atoms with Crippen molar-refractivity contribution in [3.8, 4) is 0 Å². The van der Waals surface area contributed by atoms with Crippen molar-refractivity contribution in [2.75, 3.05) is 18.1 Å². The average molecular weight is 167 g/mol. The molecule has 0 spiro atoms. The molecule has 2 nitrogen and oxygen atoms in total. The highest BCUT2D eigenvalue weighted by atomic mass is 35.5. The Morgan fingerprint density at radius 1 is 1.56 bits per heavy atom. The smallest absolute Gasteiger partial charge is 0.104 e. The molecule has 54 valence electrons. The molecule has 1 aliphatic heterocycles. The molecule has 0 unspecified atom stereocenters. The molecule has 2 N–H and O–H groups in total. The average Bonchev–Trinajstić information content (AvgIpc) is 1.94. The van der Waals surface area contributed by atoms with E-state index in [9.17, 15) is 0 Å². The predicted molar refractivity (Wildman–Crippen MR) is 45.7 cm³/mol. The van der Waals surface area contributed by atoms with Crippen molar-refractivity contribution in [2.24, 2.45) is 10.7 Å². The topological polar surface area (TPSA) is 38.4 Å². The predicted octanol–water partition coefficient (Wildman–Crippen LogP) is 0.902. The summed E-state index contributed by atoms with van der Waals surface area (Å²) >= 11 is 1.87. The van der Waals surface area contributed by atoms with Crippen LogP contribution in [0.4, 0.5) is 0 Å². The molecule has 4 heteroatoms. The Morgan fingerprint density at radius 3 is 3.11 bits per heavy atom. The summed E-state index contributed by atoms with van der Waals surface area (Å²) in [5.74, 6) is 2.96. The Bertz CT molecular complexity index is 105. The monoisotopic (exact) mass is 166 g/mol. The number of nitrogens with two attached hydrogens (primary N) is 1. The molecule has 0 atom stereocenters. The molecule has 0 bridgehead atoms. The number of rotatable bonds is 0. The number of nitrogens with zero attached hydrogens (tertiary/aromatic N) is 1. The number of halogens is 1. The zero-order valence-electron chi connectivity index (χ0n) is 5.17. The van der Waals surface area contributed by atoms with Crippen molar-refractivity contribution in [2.45, 2.75) is 6.42 Å². The Kier molecular flexibility index (Phi) is 5.00. The van der Waals surface area contributed by atoms with E-state index in [0.717, 1.165) is 18.1 Å². The van der Waals surface area contributed by atoms with Gasteiger partial charge in [-0.15, -0.1) is 12.4 Å². The van der Waals surface area contributed by atoms with Crippen LogP contribution in [0.3, 0.4) is 0 Å². The summed E-state index contributed by atoms with van der Waals surface area (Å²) in [5, 5.41) is 0. The van der Waals surface area contributed by atoms with Crippen molar-refractivity contribution in [3.05, 3.63) is 0 Å². The lowest BCUT2D eigenvalue weighted by molar-refractivity contribution is 0.948. The summed E-state index contributed by atoms with van der Waals surface area (Å²) in [5.41, 5.74) is 5.46. The minimum Gasteiger partial charge on any atom is -0.387 e. The third-order valence-electron chi connectivity index (χ3n) is 1.01. The lowest BCUT2D eigenvalue weighted by atomic mass is 10.5. The minimum absolute atomic E-state index is 0. The van der Waals surface area contributed by atoms with E-state index in [1.807, 2.05) is 11.8 Å². The Labute approximate surface area is 65.7 Å². The minimum atomic E-state index is 0. The van der Waals surface area contributed by atoms with Gasteiger partial charge >= 0.3 is 0 Å². The van der Waals surface area contributed by atoms with Gasteiger partial charge in [-0.3, -0.25) is 4.99 Å². The first-order valence-corrected chi connectivity index (χ1v) is 3.91. The number of aliphatic imine (C=N–C) groups is 1. The second-order valence-electron chi connectivity index (χ2n) is 1.78. The fourth-order valence-corrected chi connectivity index (χ4v) is 1.39. The molecule has 0 aromatic carbocycles. The first kappa shape index (κ1) is 9.11. The van der Waals surface area contributed by atoms with E-state index in [1.54, 1.807) is 0 Å². The van der Waals surface area contributed by atoms with Crippen molar-refractivity contribution >= 4 is 30.0 Å². The van der Waals surface area contributed by atoms with Gasteiger partial charge in [-0.05, 0) is 12.2 Å². The largest absolute Gasteiger partial charge is 0.387 e. The first-order chi connectivity index (χ1) is 3.89. The molecule has 0 saturated carbocycles. The van der Waals surface area contributed by atoms with Gasteiger partial charge in [0.1, 0.15) is 5.84 Å². The van der Waals surface area contributed by atoms with E-state index in [4.69, 9.17) is 5.73 Å². The quantitative estimate of drug-likeness (QED) is 0.581. The third-order valence-corrected chi connectivity index (χ3v) is 2.09. The van der Waals surface area contributed by atoms with Gasteiger partial charge in [0.05, 0.1) is 5.75 Å². The molecule has 1 rings (SSSR count). The van der Waals surface area contributed by atoms with Gasteiger partial charge in [0, 0.05) is 6.54 Å². The summed E-state index contributed by atoms with van der Waals surface area (Å²) in [4.78, 5) is 4.10. The van der Waals surface area contributed by atoms with Gasteiger partial charge in [0.15, 0.2) is 0 Å². The van der Waals surface area contributed by atoms with Gasteiger partial charge in [-0.25, -0.2) is 0 Å². The molecular weight excluding hydrogens is 156 g/mol. The summed E-state index contributed by atoms with van der Waals surface area (Å²) in [7, 11) is 0. The van der Waals surface area contributed by atoms with E-state index in [2.05, 4.69) is 4.99 Å². The molecule has 0 aliphatic carbocycles. The van der Waals surface area contributed by atoms with Crippen molar-refractivity contribution in [1.29, 1.82) is 0 Å². The summed E-state index contributed by atoms with van der Waals surface area (Å²) < 4.78 is 0. The maximum absolute atomic E-state index is 5.46. The van der Waals surface area contributed by atoms with E-state index < -0.39 is 0 Å². The van der Waals surface area contributed by atoms with Crippen LogP contribution in [0, 0.1) is 0 Å². The van der Waals surface area contributed by atoms with Crippen LogP contribution in [0.5, 0.6) is 0 Å². The van der Waals surface area contributed by atoms with Crippen LogP contribution in [0.25, 0.3) is 0 Å². The van der Waals surface area contributed by atoms with Crippen LogP contribution in [-0.4, -0.2) is 23.9 Å². The lowest BCUT2D eigenvalue weighted by Crippen LogP contribution is -2.13. The lowest BCUT2D eigenvalue weighted by Gasteiger charge is -1.90. The molecular formula is C5H11ClN2S. The van der Waals surface area contributed by atoms with Crippen molar-refractivity contribution < 1.29 is 0 Å². The van der Waals surface area contributed by atoms with Gasteiger partial charge in [0.2, 0.25) is 0 Å². The van der Waals surface area contributed by atoms with E-state index in [-0.39, 0.29) is 12.4 Å². The van der Waals surface area contributed by atoms with Gasteiger partial charge in [-0.1, -0.05) is 0 Å². The molecule has 0 radical (unpaired) electrons. The SMILES string of the molecule is Cl.NC1=NCCCSC1. The van der Waals surface area contributed by atoms with Crippen LogP contribution < -0.4 is 5.73 Å². The van der Waals surface area contributed by atoms with E-state index in [1.165, 1.54) is 12.2 Å². The maximum Gasteiger partial charge on any atom is 0.104 e. The molecule has 9 heavy (non-hydrogen) atoms. The standard InChI is InChI=1S/C5H10N2S.ClH/c6-5-4-8-3-1-2-7-5;/h1-4H2,(H2,6,7);1H. The maximum atomic E-state index is 5.46. The Morgan fingerprint density at radius 2 is 2.33 bits per heavy atom. The van der Waals surface area contributed by atoms with Gasteiger partial charge in [0.25, 0.3) is 0 Å². The van der Waals surface area contributed by atoms with Crippen LogP contribution in [0.2, 0.25) is 0 Å². The van der Waals surface area contributed by atoms with Gasteiger partial charge < -0.3 is 5.73 Å². The first-order valence-electron chi connectivity index (χ1n) is 2.76. The van der Waals surface area contributed by atoms with E-state index in [0.29, 0.717) is 0 Å². The molecule has 0 aromatic heterocycles. The summed E-state index contributed by atoms with van der Waals surface area (Å²) in [6.45, 7) is 0.929.